The van der Waals surface area contributed by atoms with Crippen LogP contribution < -0.4 is 0 Å². The summed E-state index contributed by atoms with van der Waals surface area (Å²) in [7, 11) is 3.20. The van der Waals surface area contributed by atoms with Crippen LogP contribution in [-0.4, -0.2) is 69.5 Å². The molecule has 0 N–H and O–H groups in total. The summed E-state index contributed by atoms with van der Waals surface area (Å²) in [6, 6.07) is 19.1. The highest BCUT2D eigenvalue weighted by Gasteiger charge is 2.35. The Morgan fingerprint density at radius 1 is 1.03 bits per heavy atom. The van der Waals surface area contributed by atoms with Crippen molar-refractivity contribution in [3.8, 4) is 16.9 Å². The van der Waals surface area contributed by atoms with Crippen LogP contribution in [0.5, 0.6) is 0 Å². The Hall–Kier alpha value is -3.94. The number of carbonyl (C=O) groups is 3. The number of carbonyl (C=O) groups excluding carboxylic acids is 3. The number of imide groups is 1. The van der Waals surface area contributed by atoms with Crippen molar-refractivity contribution in [2.45, 2.75) is 6.54 Å². The summed E-state index contributed by atoms with van der Waals surface area (Å²) in [6.45, 7) is 0.0196. The Bertz CT molecular complexity index is 1110. The quantitative estimate of drug-likeness (QED) is 0.577. The average molecular weight is 417 g/mol. The summed E-state index contributed by atoms with van der Waals surface area (Å²) in [5.74, 6) is -0.681. The number of urea groups is 1. The summed E-state index contributed by atoms with van der Waals surface area (Å²) in [5, 5.41) is 4.75. The fourth-order valence-electron chi connectivity index (χ4n) is 3.50. The van der Waals surface area contributed by atoms with Gasteiger partial charge in [0.25, 0.3) is 5.91 Å². The maximum atomic E-state index is 12.8. The highest BCUT2D eigenvalue weighted by atomic mass is 16.2. The van der Waals surface area contributed by atoms with E-state index in [1.54, 1.807) is 18.8 Å². The van der Waals surface area contributed by atoms with Crippen LogP contribution in [0.4, 0.5) is 4.79 Å². The van der Waals surface area contributed by atoms with Gasteiger partial charge in [0, 0.05) is 38.0 Å². The first-order chi connectivity index (χ1) is 14.9. The Labute approximate surface area is 180 Å². The number of aromatic nitrogens is 2. The number of amides is 4. The van der Waals surface area contributed by atoms with Gasteiger partial charge in [0.05, 0.1) is 11.4 Å². The average Bonchev–Trinajstić information content (AvgIpc) is 3.31. The zero-order valence-electron chi connectivity index (χ0n) is 17.4. The third kappa shape index (κ3) is 4.18. The van der Waals surface area contributed by atoms with E-state index < -0.39 is 6.03 Å². The van der Waals surface area contributed by atoms with Gasteiger partial charge in [0.15, 0.2) is 0 Å². The minimum absolute atomic E-state index is 0.00215. The maximum Gasteiger partial charge on any atom is 0.327 e. The second-order valence-electron chi connectivity index (χ2n) is 7.52. The molecule has 4 rings (SSSR count). The van der Waals surface area contributed by atoms with Crippen molar-refractivity contribution >= 4 is 17.8 Å². The Balaban J connectivity index is 1.58. The molecule has 1 aromatic heterocycles. The fourth-order valence-corrected chi connectivity index (χ4v) is 3.50. The Morgan fingerprint density at radius 3 is 2.29 bits per heavy atom. The molecule has 158 valence electrons. The number of hydrogen-bond donors (Lipinski definition) is 0. The molecule has 2 heterocycles. The molecule has 0 spiro atoms. The predicted molar refractivity (Wildman–Crippen MR) is 115 cm³/mol. The van der Waals surface area contributed by atoms with E-state index in [-0.39, 0.29) is 24.9 Å². The Morgan fingerprint density at radius 2 is 1.68 bits per heavy atom. The van der Waals surface area contributed by atoms with Crippen LogP contribution in [0.25, 0.3) is 16.9 Å². The van der Waals surface area contributed by atoms with Gasteiger partial charge in [0.1, 0.15) is 13.1 Å². The van der Waals surface area contributed by atoms with Crippen molar-refractivity contribution in [1.82, 2.24) is 24.5 Å². The second kappa shape index (κ2) is 8.43. The van der Waals surface area contributed by atoms with Gasteiger partial charge in [-0.1, -0.05) is 48.5 Å². The van der Waals surface area contributed by atoms with E-state index in [1.165, 1.54) is 9.80 Å². The van der Waals surface area contributed by atoms with Crippen molar-refractivity contribution in [3.63, 3.8) is 0 Å². The van der Waals surface area contributed by atoms with E-state index in [9.17, 15) is 14.4 Å². The lowest BCUT2D eigenvalue weighted by molar-refractivity contribution is -0.135. The molecule has 0 atom stereocenters. The van der Waals surface area contributed by atoms with Gasteiger partial charge < -0.3 is 9.80 Å². The summed E-state index contributed by atoms with van der Waals surface area (Å²) in [6.07, 6.45) is 1.90. The van der Waals surface area contributed by atoms with Crippen LogP contribution in [0.3, 0.4) is 0 Å². The molecule has 1 aliphatic rings. The first-order valence-electron chi connectivity index (χ1n) is 9.93. The van der Waals surface area contributed by atoms with Gasteiger partial charge in [-0.15, -0.1) is 0 Å². The molecule has 4 amide bonds. The van der Waals surface area contributed by atoms with Gasteiger partial charge in [-0.25, -0.2) is 9.48 Å². The van der Waals surface area contributed by atoms with Gasteiger partial charge in [-0.3, -0.25) is 14.5 Å². The summed E-state index contributed by atoms with van der Waals surface area (Å²) >= 11 is 0. The van der Waals surface area contributed by atoms with Gasteiger partial charge in [-0.05, 0) is 12.1 Å². The molecule has 0 bridgehead atoms. The Kier molecular flexibility index (Phi) is 5.53. The highest BCUT2D eigenvalue weighted by molar-refractivity contribution is 6.04. The van der Waals surface area contributed by atoms with E-state index in [0.29, 0.717) is 6.54 Å². The van der Waals surface area contributed by atoms with Gasteiger partial charge >= 0.3 is 6.03 Å². The normalized spacial score (nSPS) is 13.7. The highest BCUT2D eigenvalue weighted by Crippen LogP contribution is 2.24. The number of hydrogen-bond acceptors (Lipinski definition) is 4. The van der Waals surface area contributed by atoms with E-state index in [4.69, 9.17) is 5.10 Å². The summed E-state index contributed by atoms with van der Waals surface area (Å²) < 4.78 is 1.79. The van der Waals surface area contributed by atoms with E-state index in [2.05, 4.69) is 0 Å². The van der Waals surface area contributed by atoms with E-state index in [0.717, 1.165) is 27.4 Å². The first kappa shape index (κ1) is 20.3. The molecule has 3 aromatic rings. The summed E-state index contributed by atoms with van der Waals surface area (Å²) in [4.78, 5) is 40.6. The lowest BCUT2D eigenvalue weighted by atomic mass is 10.1. The molecule has 1 saturated heterocycles. The first-order valence-corrected chi connectivity index (χ1v) is 9.93. The lowest BCUT2D eigenvalue weighted by Gasteiger charge is -2.20. The molecule has 2 aromatic carbocycles. The van der Waals surface area contributed by atoms with Gasteiger partial charge in [0.2, 0.25) is 5.91 Å². The lowest BCUT2D eigenvalue weighted by Crippen LogP contribution is -2.41. The van der Waals surface area contributed by atoms with E-state index >= 15 is 0 Å². The van der Waals surface area contributed by atoms with Crippen molar-refractivity contribution in [3.05, 3.63) is 72.4 Å². The maximum absolute atomic E-state index is 12.8. The molecular formula is C23H23N5O3. The van der Waals surface area contributed by atoms with Crippen LogP contribution >= 0.6 is 0 Å². The minimum Gasteiger partial charge on any atom is -0.340 e. The monoisotopic (exact) mass is 417 g/mol. The number of rotatable bonds is 6. The molecule has 8 nitrogen and oxygen atoms in total. The zero-order valence-corrected chi connectivity index (χ0v) is 17.4. The second-order valence-corrected chi connectivity index (χ2v) is 7.52. The predicted octanol–water partition coefficient (Wildman–Crippen LogP) is 2.39. The fraction of sp³-hybridized carbons (Fsp3) is 0.217. The molecule has 8 heteroatoms. The van der Waals surface area contributed by atoms with Crippen LogP contribution in [0.1, 0.15) is 5.56 Å². The van der Waals surface area contributed by atoms with Gasteiger partial charge in [-0.2, -0.15) is 5.10 Å². The molecule has 1 aliphatic heterocycles. The molecule has 0 unspecified atom stereocenters. The minimum atomic E-state index is -0.450. The largest absolute Gasteiger partial charge is 0.340 e. The number of nitrogens with zero attached hydrogens (tertiary/aromatic N) is 5. The molecule has 0 saturated carbocycles. The third-order valence-corrected chi connectivity index (χ3v) is 5.22. The summed E-state index contributed by atoms with van der Waals surface area (Å²) in [5.41, 5.74) is 3.50. The zero-order chi connectivity index (χ0) is 22.0. The van der Waals surface area contributed by atoms with Crippen LogP contribution in [-0.2, 0) is 16.1 Å². The number of likely N-dealkylation sites (N-methyl/N-ethyl adjacent to an activating group) is 2. The topological polar surface area (TPSA) is 78.8 Å². The molecule has 0 aliphatic carbocycles. The molecule has 1 fully saturated rings. The van der Waals surface area contributed by atoms with Crippen molar-refractivity contribution in [1.29, 1.82) is 0 Å². The van der Waals surface area contributed by atoms with Crippen molar-refractivity contribution in [2.24, 2.45) is 0 Å². The smallest absolute Gasteiger partial charge is 0.327 e. The van der Waals surface area contributed by atoms with Crippen LogP contribution in [0.2, 0.25) is 0 Å². The van der Waals surface area contributed by atoms with Crippen LogP contribution in [0, 0.1) is 0 Å². The molecule has 0 radical (unpaired) electrons. The number of para-hydroxylation sites is 1. The van der Waals surface area contributed by atoms with Crippen LogP contribution in [0.15, 0.2) is 66.9 Å². The van der Waals surface area contributed by atoms with Crippen molar-refractivity contribution in [2.75, 3.05) is 27.2 Å². The molecular weight excluding hydrogens is 394 g/mol. The standard InChI is InChI=1S/C23H23N5O3/c1-25(20(29)16-27-21(30)15-26(2)23(27)31)13-18-14-28(19-11-7-4-8-12-19)24-22(18)17-9-5-3-6-10-17/h3-12,14H,13,15-16H2,1-2H3. The number of benzene rings is 2. The molecule has 31 heavy (non-hydrogen) atoms. The SMILES string of the molecule is CN(Cc1cn(-c2ccccc2)nc1-c1ccccc1)C(=O)CN1C(=O)CN(C)C1=O. The third-order valence-electron chi connectivity index (χ3n) is 5.22. The van der Waals surface area contributed by atoms with E-state index in [1.807, 2.05) is 66.9 Å². The van der Waals surface area contributed by atoms with Crippen molar-refractivity contribution < 1.29 is 14.4 Å².